The van der Waals surface area contributed by atoms with E-state index in [0.29, 0.717) is 12.5 Å². The molecule has 0 bridgehead atoms. The van der Waals surface area contributed by atoms with Crippen molar-refractivity contribution in [2.75, 3.05) is 11.4 Å². The van der Waals surface area contributed by atoms with E-state index in [0.717, 1.165) is 22.8 Å². The van der Waals surface area contributed by atoms with Gasteiger partial charge < -0.3 is 0 Å². The molecule has 4 heteroatoms. The van der Waals surface area contributed by atoms with Crippen molar-refractivity contribution in [2.24, 2.45) is 11.8 Å². The van der Waals surface area contributed by atoms with Crippen LogP contribution in [0.5, 0.6) is 0 Å². The van der Waals surface area contributed by atoms with Crippen LogP contribution in [-0.2, 0) is 4.79 Å². The summed E-state index contributed by atoms with van der Waals surface area (Å²) in [6, 6.07) is 10.0. The van der Waals surface area contributed by atoms with Gasteiger partial charge in [-0.05, 0) is 12.3 Å². The highest BCUT2D eigenvalue weighted by atomic mass is 32.1. The molecule has 3 rings (SSSR count). The molecule has 1 aliphatic rings. The molecule has 3 nitrogen and oxygen atoms in total. The van der Waals surface area contributed by atoms with Crippen LogP contribution in [0, 0.1) is 11.8 Å². The minimum atomic E-state index is 0.161. The molecule has 1 heterocycles. The molecule has 0 saturated heterocycles. The lowest BCUT2D eigenvalue weighted by Gasteiger charge is -2.17. The average molecular weight is 298 g/mol. The van der Waals surface area contributed by atoms with Gasteiger partial charge in [0.1, 0.15) is 0 Å². The Balaban J connectivity index is 1.85. The zero-order valence-electron chi connectivity index (χ0n) is 12.0. The van der Waals surface area contributed by atoms with Gasteiger partial charge in [0.15, 0.2) is 5.13 Å². The van der Waals surface area contributed by atoms with Crippen LogP contribution in [0.15, 0.2) is 48.4 Å². The maximum absolute atomic E-state index is 12.5. The number of anilines is 1. The van der Waals surface area contributed by atoms with Crippen molar-refractivity contribution >= 4 is 22.4 Å². The Morgan fingerprint density at radius 2 is 2.19 bits per heavy atom. The van der Waals surface area contributed by atoms with Gasteiger partial charge >= 0.3 is 0 Å². The van der Waals surface area contributed by atoms with Crippen LogP contribution in [0.4, 0.5) is 5.13 Å². The number of hydrogen-bond acceptors (Lipinski definition) is 3. The summed E-state index contributed by atoms with van der Waals surface area (Å²) in [5.41, 5.74) is 1.99. The van der Waals surface area contributed by atoms with Gasteiger partial charge in [-0.1, -0.05) is 43.3 Å². The monoisotopic (exact) mass is 298 g/mol. The summed E-state index contributed by atoms with van der Waals surface area (Å²) in [7, 11) is 0. The molecule has 2 aromatic rings. The fraction of sp³-hybridized carbons (Fsp3) is 0.294. The molecule has 1 amide bonds. The minimum absolute atomic E-state index is 0.161. The van der Waals surface area contributed by atoms with Crippen molar-refractivity contribution in [3.8, 4) is 11.3 Å². The van der Waals surface area contributed by atoms with Crippen molar-refractivity contribution in [1.29, 1.82) is 0 Å². The van der Waals surface area contributed by atoms with E-state index in [4.69, 9.17) is 0 Å². The van der Waals surface area contributed by atoms with Gasteiger partial charge in [-0.25, -0.2) is 4.98 Å². The molecule has 2 atom stereocenters. The van der Waals surface area contributed by atoms with Gasteiger partial charge in [-0.15, -0.1) is 17.9 Å². The maximum atomic E-state index is 12.5. The van der Waals surface area contributed by atoms with E-state index in [-0.39, 0.29) is 11.8 Å². The molecule has 2 unspecified atom stereocenters. The molecule has 1 fully saturated rings. The van der Waals surface area contributed by atoms with Crippen LogP contribution < -0.4 is 4.90 Å². The first-order valence-corrected chi connectivity index (χ1v) is 8.02. The molecular formula is C17H18N2OS. The third-order valence-electron chi connectivity index (χ3n) is 3.80. The molecule has 0 spiro atoms. The van der Waals surface area contributed by atoms with Gasteiger partial charge in [0.25, 0.3) is 0 Å². The molecule has 0 radical (unpaired) electrons. The summed E-state index contributed by atoms with van der Waals surface area (Å²) in [6.07, 6.45) is 2.75. The van der Waals surface area contributed by atoms with E-state index in [1.807, 2.05) is 35.7 Å². The summed E-state index contributed by atoms with van der Waals surface area (Å²) in [6.45, 7) is 6.39. The van der Waals surface area contributed by atoms with Crippen LogP contribution in [0.1, 0.15) is 13.3 Å². The number of aromatic nitrogens is 1. The largest absolute Gasteiger partial charge is 0.284 e. The lowest BCUT2D eigenvalue weighted by molar-refractivity contribution is -0.119. The summed E-state index contributed by atoms with van der Waals surface area (Å²) in [4.78, 5) is 18.9. The van der Waals surface area contributed by atoms with E-state index < -0.39 is 0 Å². The topological polar surface area (TPSA) is 33.2 Å². The summed E-state index contributed by atoms with van der Waals surface area (Å²) >= 11 is 1.51. The second kappa shape index (κ2) is 5.82. The lowest BCUT2D eigenvalue weighted by atomic mass is 10.2. The third kappa shape index (κ3) is 2.90. The Labute approximate surface area is 128 Å². The maximum Gasteiger partial charge on any atom is 0.232 e. The number of carbonyl (C=O) groups excluding carboxylic acids is 1. The molecule has 0 N–H and O–H groups in total. The zero-order chi connectivity index (χ0) is 14.8. The Kier molecular flexibility index (Phi) is 3.88. The second-order valence-electron chi connectivity index (χ2n) is 5.44. The average Bonchev–Trinajstić information content (AvgIpc) is 3.05. The molecule has 1 aromatic carbocycles. The first-order chi connectivity index (χ1) is 10.2. The van der Waals surface area contributed by atoms with Crippen LogP contribution in [0.3, 0.4) is 0 Å². The quantitative estimate of drug-likeness (QED) is 0.782. The number of thiazole rings is 1. The van der Waals surface area contributed by atoms with E-state index in [1.165, 1.54) is 11.3 Å². The van der Waals surface area contributed by atoms with E-state index in [9.17, 15) is 4.79 Å². The summed E-state index contributed by atoms with van der Waals surface area (Å²) in [5, 5.41) is 2.77. The highest BCUT2D eigenvalue weighted by molar-refractivity contribution is 7.14. The van der Waals surface area contributed by atoms with E-state index in [2.05, 4.69) is 18.5 Å². The predicted octanol–water partition coefficient (Wildman–Crippen LogP) is 3.99. The van der Waals surface area contributed by atoms with Gasteiger partial charge in [-0.3, -0.25) is 9.69 Å². The smallest absolute Gasteiger partial charge is 0.232 e. The van der Waals surface area contributed by atoms with Crippen molar-refractivity contribution in [2.45, 2.75) is 13.3 Å². The second-order valence-corrected chi connectivity index (χ2v) is 6.27. The van der Waals surface area contributed by atoms with Gasteiger partial charge in [0.2, 0.25) is 5.91 Å². The van der Waals surface area contributed by atoms with Crippen LogP contribution >= 0.6 is 11.3 Å². The first-order valence-electron chi connectivity index (χ1n) is 7.14. The number of nitrogens with zero attached hydrogens (tertiary/aromatic N) is 2. The SMILES string of the molecule is C=CCN(C(=O)C1CC1C)c1nc(-c2ccccc2)cs1. The third-order valence-corrected chi connectivity index (χ3v) is 4.66. The number of benzene rings is 1. The van der Waals surface area contributed by atoms with E-state index >= 15 is 0 Å². The molecule has 1 aliphatic carbocycles. The van der Waals surface area contributed by atoms with Crippen LogP contribution in [0.2, 0.25) is 0 Å². The Morgan fingerprint density at radius 1 is 1.48 bits per heavy atom. The summed E-state index contributed by atoms with van der Waals surface area (Å²) < 4.78 is 0. The van der Waals surface area contributed by atoms with Crippen LogP contribution in [0.25, 0.3) is 11.3 Å². The lowest BCUT2D eigenvalue weighted by Crippen LogP contribution is -2.32. The molecule has 1 saturated carbocycles. The molecular weight excluding hydrogens is 280 g/mol. The standard InChI is InChI=1S/C17H18N2OS/c1-3-9-19(16(20)14-10-12(14)2)17-18-15(11-21-17)13-7-5-4-6-8-13/h3-8,11-12,14H,1,9-10H2,2H3. The minimum Gasteiger partial charge on any atom is -0.284 e. The number of amides is 1. The Bertz CT molecular complexity index is 650. The van der Waals surface area contributed by atoms with Crippen molar-refractivity contribution < 1.29 is 4.79 Å². The van der Waals surface area contributed by atoms with Gasteiger partial charge in [-0.2, -0.15) is 0 Å². The summed E-state index contributed by atoms with van der Waals surface area (Å²) in [5.74, 6) is 0.837. The van der Waals surface area contributed by atoms with Crippen molar-refractivity contribution in [3.63, 3.8) is 0 Å². The number of rotatable bonds is 5. The zero-order valence-corrected chi connectivity index (χ0v) is 12.8. The van der Waals surface area contributed by atoms with Gasteiger partial charge in [0, 0.05) is 23.4 Å². The molecule has 1 aromatic heterocycles. The highest BCUT2D eigenvalue weighted by Crippen LogP contribution is 2.40. The van der Waals surface area contributed by atoms with Crippen molar-refractivity contribution in [1.82, 2.24) is 4.98 Å². The molecule has 108 valence electrons. The highest BCUT2D eigenvalue weighted by Gasteiger charge is 2.42. The van der Waals surface area contributed by atoms with Gasteiger partial charge in [0.05, 0.1) is 5.69 Å². The number of carbonyl (C=O) groups is 1. The normalized spacial score (nSPS) is 20.0. The fourth-order valence-electron chi connectivity index (χ4n) is 2.39. The van der Waals surface area contributed by atoms with E-state index in [1.54, 1.807) is 11.0 Å². The fourth-order valence-corrected chi connectivity index (χ4v) is 3.24. The number of hydrogen-bond donors (Lipinski definition) is 0. The Morgan fingerprint density at radius 3 is 2.81 bits per heavy atom. The molecule has 21 heavy (non-hydrogen) atoms. The van der Waals surface area contributed by atoms with Crippen LogP contribution in [-0.4, -0.2) is 17.4 Å². The molecule has 0 aliphatic heterocycles. The first kappa shape index (κ1) is 14.0. The Hall–Kier alpha value is -1.94. The van der Waals surface area contributed by atoms with Crippen molar-refractivity contribution in [3.05, 3.63) is 48.4 Å². The predicted molar refractivity (Wildman–Crippen MR) is 87.4 cm³/mol.